The van der Waals surface area contributed by atoms with Crippen molar-refractivity contribution in [2.24, 2.45) is 47.3 Å². The summed E-state index contributed by atoms with van der Waals surface area (Å²) < 4.78 is 0. The van der Waals surface area contributed by atoms with Gasteiger partial charge in [-0.2, -0.15) is 0 Å². The molecule has 0 aromatic rings. The van der Waals surface area contributed by atoms with E-state index in [1.165, 1.54) is 6.42 Å². The lowest BCUT2D eigenvalue weighted by molar-refractivity contribution is -0.172. The monoisotopic (exact) mass is 148 g/mol. The van der Waals surface area contributed by atoms with E-state index in [1.807, 2.05) is 0 Å². The SMILES string of the molecule is O[C@H]1[C@H]2[C@@H]3[C@@H]4C[C@H]5[C@H]3[C@@H]2[C@@H]5[C@H]14. The van der Waals surface area contributed by atoms with E-state index >= 15 is 0 Å². The molecule has 6 aliphatic carbocycles. The van der Waals surface area contributed by atoms with Crippen molar-refractivity contribution >= 4 is 0 Å². The molecule has 0 radical (unpaired) electrons. The normalized spacial score (nSPS) is 90.8. The molecule has 4 bridgehead atoms. The lowest BCUT2D eigenvalue weighted by Crippen LogP contribution is -2.60. The van der Waals surface area contributed by atoms with Crippen LogP contribution < -0.4 is 0 Å². The van der Waals surface area contributed by atoms with Crippen LogP contribution in [0.25, 0.3) is 0 Å². The molecule has 0 saturated heterocycles. The zero-order valence-electron chi connectivity index (χ0n) is 6.35. The number of aliphatic hydroxyl groups excluding tert-OH is 1. The maximum absolute atomic E-state index is 9.92. The number of hydrogen-bond donors (Lipinski definition) is 1. The van der Waals surface area contributed by atoms with Crippen molar-refractivity contribution < 1.29 is 5.11 Å². The third-order valence-corrected chi connectivity index (χ3v) is 5.98. The second-order valence-corrected chi connectivity index (χ2v) is 5.52. The molecule has 6 saturated carbocycles. The summed E-state index contributed by atoms with van der Waals surface area (Å²) in [6.45, 7) is 0. The topological polar surface area (TPSA) is 20.2 Å². The van der Waals surface area contributed by atoms with Gasteiger partial charge in [0.15, 0.2) is 0 Å². The Morgan fingerprint density at radius 2 is 1.36 bits per heavy atom. The smallest absolute Gasteiger partial charge is 0.0607 e. The lowest BCUT2D eigenvalue weighted by Gasteiger charge is -2.63. The Balaban J connectivity index is 1.88. The zero-order chi connectivity index (χ0) is 6.90. The van der Waals surface area contributed by atoms with Gasteiger partial charge in [0.05, 0.1) is 6.10 Å². The molecular weight excluding hydrogens is 136 g/mol. The molecule has 0 unspecified atom stereocenters. The van der Waals surface area contributed by atoms with Crippen LogP contribution in [0.15, 0.2) is 0 Å². The summed E-state index contributed by atoms with van der Waals surface area (Å²) in [5.74, 6) is 7.91. The minimum absolute atomic E-state index is 0.156. The summed E-state index contributed by atoms with van der Waals surface area (Å²) in [4.78, 5) is 0. The van der Waals surface area contributed by atoms with Gasteiger partial charge in [-0.25, -0.2) is 0 Å². The first kappa shape index (κ1) is 4.86. The predicted molar refractivity (Wildman–Crippen MR) is 38.5 cm³/mol. The Morgan fingerprint density at radius 3 is 2.00 bits per heavy atom. The minimum atomic E-state index is 0.156. The third-order valence-electron chi connectivity index (χ3n) is 5.98. The summed E-state index contributed by atoms with van der Waals surface area (Å²) in [6.07, 6.45) is 1.66. The Bertz CT molecular complexity index is 264. The van der Waals surface area contributed by atoms with Gasteiger partial charge in [0, 0.05) is 0 Å². The molecule has 0 aromatic heterocycles. The Kier molecular flexibility index (Phi) is 0.452. The van der Waals surface area contributed by atoms with Gasteiger partial charge in [-0.3, -0.25) is 0 Å². The molecule has 1 heteroatoms. The maximum Gasteiger partial charge on any atom is 0.0607 e. The van der Waals surface area contributed by atoms with Gasteiger partial charge in [0.1, 0.15) is 0 Å². The largest absolute Gasteiger partial charge is 0.393 e. The molecule has 0 amide bonds. The van der Waals surface area contributed by atoms with Crippen molar-refractivity contribution in [2.75, 3.05) is 0 Å². The van der Waals surface area contributed by atoms with E-state index in [0.717, 1.165) is 47.3 Å². The number of aliphatic hydroxyl groups is 1. The van der Waals surface area contributed by atoms with Crippen molar-refractivity contribution in [3.05, 3.63) is 0 Å². The maximum atomic E-state index is 9.92. The minimum Gasteiger partial charge on any atom is -0.393 e. The summed E-state index contributed by atoms with van der Waals surface area (Å²) in [5, 5.41) is 9.92. The van der Waals surface area contributed by atoms with Crippen molar-refractivity contribution in [1.82, 2.24) is 0 Å². The van der Waals surface area contributed by atoms with Gasteiger partial charge in [-0.1, -0.05) is 0 Å². The van der Waals surface area contributed by atoms with Crippen molar-refractivity contribution in [3.63, 3.8) is 0 Å². The molecule has 1 N–H and O–H groups in total. The van der Waals surface area contributed by atoms with Gasteiger partial charge in [0.2, 0.25) is 0 Å². The fraction of sp³-hybridized carbons (Fsp3) is 1.00. The molecule has 1 nitrogen and oxygen atoms in total. The van der Waals surface area contributed by atoms with Crippen LogP contribution in [-0.4, -0.2) is 11.2 Å². The van der Waals surface area contributed by atoms with E-state index in [1.54, 1.807) is 0 Å². The lowest BCUT2D eigenvalue weighted by atomic mass is 9.41. The first-order chi connectivity index (χ1) is 5.39. The van der Waals surface area contributed by atoms with Gasteiger partial charge in [-0.15, -0.1) is 0 Å². The predicted octanol–water partition coefficient (Wildman–Crippen LogP) is 0.735. The second kappa shape index (κ2) is 1.02. The van der Waals surface area contributed by atoms with E-state index in [4.69, 9.17) is 0 Å². The van der Waals surface area contributed by atoms with Crippen molar-refractivity contribution in [2.45, 2.75) is 12.5 Å². The highest BCUT2D eigenvalue weighted by Gasteiger charge is 2.86. The molecule has 11 heavy (non-hydrogen) atoms. The molecule has 0 aromatic carbocycles. The summed E-state index contributed by atoms with van der Waals surface area (Å²) in [5.41, 5.74) is 0. The Labute approximate surface area is 65.8 Å². The number of hydrogen-bond acceptors (Lipinski definition) is 1. The van der Waals surface area contributed by atoms with Gasteiger partial charge in [-0.05, 0) is 53.8 Å². The van der Waals surface area contributed by atoms with Crippen LogP contribution in [0.5, 0.6) is 0 Å². The van der Waals surface area contributed by atoms with Crippen molar-refractivity contribution in [1.29, 1.82) is 0 Å². The average Bonchev–Trinajstić information content (AvgIpc) is 2.40. The summed E-state index contributed by atoms with van der Waals surface area (Å²) >= 11 is 0. The first-order valence-electron chi connectivity index (χ1n) is 5.07. The van der Waals surface area contributed by atoms with E-state index < -0.39 is 0 Å². The molecule has 6 aliphatic rings. The fourth-order valence-corrected chi connectivity index (χ4v) is 6.15. The van der Waals surface area contributed by atoms with Crippen LogP contribution >= 0.6 is 0 Å². The van der Waals surface area contributed by atoms with Crippen LogP contribution in [0.4, 0.5) is 0 Å². The number of rotatable bonds is 0. The van der Waals surface area contributed by atoms with E-state index in [2.05, 4.69) is 0 Å². The molecule has 0 aliphatic heterocycles. The van der Waals surface area contributed by atoms with Crippen molar-refractivity contribution in [3.8, 4) is 0 Å². The van der Waals surface area contributed by atoms with E-state index in [0.29, 0.717) is 0 Å². The molecular formula is C10H12O. The first-order valence-corrected chi connectivity index (χ1v) is 5.07. The van der Waals surface area contributed by atoms with Crippen LogP contribution in [0.2, 0.25) is 0 Å². The quantitative estimate of drug-likeness (QED) is 0.537. The molecule has 58 valence electrons. The third kappa shape index (κ3) is 0.234. The second-order valence-electron chi connectivity index (χ2n) is 5.52. The standard InChI is InChI=1S/C10H12O/c11-10-7-3-1-2-4-5(3)9(10)8(4)6(2)7/h2-11H,1H2/t2-,3-,4+,5+,6-,7+,8+,9-,10+/m0/s1. The fourth-order valence-electron chi connectivity index (χ4n) is 6.15. The van der Waals surface area contributed by atoms with Gasteiger partial charge in [0.25, 0.3) is 0 Å². The van der Waals surface area contributed by atoms with Gasteiger partial charge < -0.3 is 5.11 Å². The van der Waals surface area contributed by atoms with Crippen LogP contribution in [-0.2, 0) is 0 Å². The highest BCUT2D eigenvalue weighted by molar-refractivity contribution is 5.33. The van der Waals surface area contributed by atoms with E-state index in [9.17, 15) is 5.11 Å². The van der Waals surface area contributed by atoms with Crippen LogP contribution in [0, 0.1) is 47.3 Å². The van der Waals surface area contributed by atoms with Crippen LogP contribution in [0.1, 0.15) is 6.42 Å². The molecule has 9 atom stereocenters. The highest BCUT2D eigenvalue weighted by Crippen LogP contribution is 2.88. The molecule has 6 fully saturated rings. The molecule has 6 rings (SSSR count). The highest BCUT2D eigenvalue weighted by atomic mass is 16.3. The van der Waals surface area contributed by atoms with Crippen LogP contribution in [0.3, 0.4) is 0 Å². The zero-order valence-corrected chi connectivity index (χ0v) is 6.35. The molecule has 0 heterocycles. The Morgan fingerprint density at radius 1 is 0.727 bits per heavy atom. The Hall–Kier alpha value is -0.0400. The van der Waals surface area contributed by atoms with E-state index in [-0.39, 0.29) is 6.10 Å². The van der Waals surface area contributed by atoms with Gasteiger partial charge >= 0.3 is 0 Å². The summed E-state index contributed by atoms with van der Waals surface area (Å²) in [7, 11) is 0. The molecule has 0 spiro atoms. The average molecular weight is 148 g/mol. The summed E-state index contributed by atoms with van der Waals surface area (Å²) in [6, 6.07) is 0.